The molecule has 0 atom stereocenters. The number of primary amides is 1. The van der Waals surface area contributed by atoms with E-state index in [0.717, 1.165) is 37.7 Å². The van der Waals surface area contributed by atoms with Crippen LogP contribution in [0.25, 0.3) is 0 Å². The number of ether oxygens (including phenoxy) is 1. The molecular weight excluding hydrogens is 296 g/mol. The summed E-state index contributed by atoms with van der Waals surface area (Å²) in [5, 5.41) is 0. The fourth-order valence-corrected chi connectivity index (χ4v) is 3.55. The largest absolute Gasteiger partial charge is 0.379 e. The number of rotatable bonds is 3. The summed E-state index contributed by atoms with van der Waals surface area (Å²) < 4.78 is 5.40. The van der Waals surface area contributed by atoms with Crippen LogP contribution in [0.3, 0.4) is 0 Å². The molecule has 0 radical (unpaired) electrons. The number of morpholine rings is 1. The van der Waals surface area contributed by atoms with Gasteiger partial charge >= 0.3 is 0 Å². The first kappa shape index (κ1) is 15.9. The molecule has 8 heteroatoms. The van der Waals surface area contributed by atoms with Gasteiger partial charge in [-0.05, 0) is 19.8 Å². The SMILES string of the molecule is Cc1cc(N2CCC(C(N)=O)(N3CCOCC3)CC2)nc(N)n1. The maximum Gasteiger partial charge on any atom is 0.238 e. The van der Waals surface area contributed by atoms with Crippen molar-refractivity contribution < 1.29 is 9.53 Å². The number of piperidine rings is 1. The highest BCUT2D eigenvalue weighted by Gasteiger charge is 2.45. The molecule has 23 heavy (non-hydrogen) atoms. The van der Waals surface area contributed by atoms with Crippen LogP contribution in [0.5, 0.6) is 0 Å². The van der Waals surface area contributed by atoms with E-state index in [4.69, 9.17) is 16.2 Å². The van der Waals surface area contributed by atoms with Gasteiger partial charge in [-0.1, -0.05) is 0 Å². The first-order valence-electron chi connectivity index (χ1n) is 8.00. The number of nitrogens with zero attached hydrogens (tertiary/aromatic N) is 4. The maximum atomic E-state index is 12.2. The highest BCUT2D eigenvalue weighted by atomic mass is 16.5. The van der Waals surface area contributed by atoms with Crippen molar-refractivity contribution in [3.63, 3.8) is 0 Å². The summed E-state index contributed by atoms with van der Waals surface area (Å²) in [6.07, 6.45) is 1.37. The third kappa shape index (κ3) is 3.09. The van der Waals surface area contributed by atoms with Crippen LogP contribution < -0.4 is 16.4 Å². The van der Waals surface area contributed by atoms with Crippen molar-refractivity contribution in [2.24, 2.45) is 5.73 Å². The lowest BCUT2D eigenvalue weighted by Gasteiger charge is -2.48. The smallest absolute Gasteiger partial charge is 0.238 e. The summed E-state index contributed by atoms with van der Waals surface area (Å²) in [7, 11) is 0. The van der Waals surface area contributed by atoms with E-state index in [-0.39, 0.29) is 11.9 Å². The molecule has 8 nitrogen and oxygen atoms in total. The fourth-order valence-electron chi connectivity index (χ4n) is 3.55. The van der Waals surface area contributed by atoms with Gasteiger partial charge in [-0.15, -0.1) is 0 Å². The molecule has 1 aromatic rings. The van der Waals surface area contributed by atoms with Crippen molar-refractivity contribution in [1.82, 2.24) is 14.9 Å². The molecule has 2 aliphatic rings. The molecule has 1 aromatic heterocycles. The first-order chi connectivity index (χ1) is 11.0. The third-order valence-corrected chi connectivity index (χ3v) is 4.85. The van der Waals surface area contributed by atoms with Crippen molar-refractivity contribution in [2.75, 3.05) is 50.0 Å². The number of hydrogen-bond donors (Lipinski definition) is 2. The van der Waals surface area contributed by atoms with Crippen LogP contribution in [0.2, 0.25) is 0 Å². The number of nitrogens with two attached hydrogens (primary N) is 2. The van der Waals surface area contributed by atoms with Gasteiger partial charge < -0.3 is 21.1 Å². The highest BCUT2D eigenvalue weighted by molar-refractivity contribution is 5.85. The molecule has 3 heterocycles. The van der Waals surface area contributed by atoms with E-state index < -0.39 is 5.54 Å². The Labute approximate surface area is 135 Å². The van der Waals surface area contributed by atoms with Crippen LogP contribution in [0.15, 0.2) is 6.07 Å². The van der Waals surface area contributed by atoms with E-state index in [2.05, 4.69) is 19.8 Å². The zero-order valence-electron chi connectivity index (χ0n) is 13.5. The molecule has 0 aliphatic carbocycles. The standard InChI is InChI=1S/C15H24N6O2/c1-11-10-12(19-14(17)18-11)20-4-2-15(3-5-20,13(16)22)21-6-8-23-9-7-21/h10H,2-9H2,1H3,(H2,16,22)(H2,17,18,19). The predicted octanol–water partition coefficient (Wildman–Crippen LogP) is -0.476. The minimum atomic E-state index is -0.575. The summed E-state index contributed by atoms with van der Waals surface area (Å²) in [6.45, 7) is 6.14. The van der Waals surface area contributed by atoms with Gasteiger partial charge in [-0.3, -0.25) is 9.69 Å². The monoisotopic (exact) mass is 320 g/mol. The molecule has 0 aromatic carbocycles. The van der Waals surface area contributed by atoms with Crippen molar-refractivity contribution in [2.45, 2.75) is 25.3 Å². The lowest BCUT2D eigenvalue weighted by molar-refractivity contribution is -0.135. The van der Waals surface area contributed by atoms with Crippen LogP contribution >= 0.6 is 0 Å². The number of carbonyl (C=O) groups is 1. The Balaban J connectivity index is 1.75. The molecule has 4 N–H and O–H groups in total. The number of hydrogen-bond acceptors (Lipinski definition) is 7. The second kappa shape index (κ2) is 6.29. The predicted molar refractivity (Wildman–Crippen MR) is 86.9 cm³/mol. The summed E-state index contributed by atoms with van der Waals surface area (Å²) in [4.78, 5) is 24.9. The molecule has 0 bridgehead atoms. The second-order valence-electron chi connectivity index (χ2n) is 6.21. The van der Waals surface area contributed by atoms with Crippen LogP contribution in [0, 0.1) is 6.92 Å². The maximum absolute atomic E-state index is 12.2. The number of amides is 1. The average Bonchev–Trinajstić information content (AvgIpc) is 2.54. The number of aromatic nitrogens is 2. The Morgan fingerprint density at radius 1 is 1.22 bits per heavy atom. The number of aryl methyl sites for hydroxylation is 1. The van der Waals surface area contributed by atoms with E-state index >= 15 is 0 Å². The fraction of sp³-hybridized carbons (Fsp3) is 0.667. The van der Waals surface area contributed by atoms with Gasteiger partial charge in [0.15, 0.2) is 0 Å². The van der Waals surface area contributed by atoms with E-state index in [9.17, 15) is 4.79 Å². The summed E-state index contributed by atoms with van der Waals surface area (Å²) in [5.41, 5.74) is 11.8. The van der Waals surface area contributed by atoms with Gasteiger partial charge in [0.25, 0.3) is 0 Å². The van der Waals surface area contributed by atoms with Crippen LogP contribution in [-0.4, -0.2) is 65.7 Å². The molecule has 126 valence electrons. The number of anilines is 2. The molecule has 2 saturated heterocycles. The van der Waals surface area contributed by atoms with Gasteiger partial charge in [0.05, 0.1) is 13.2 Å². The molecule has 0 saturated carbocycles. The van der Waals surface area contributed by atoms with Crippen LogP contribution in [0.1, 0.15) is 18.5 Å². The van der Waals surface area contributed by atoms with Crippen LogP contribution in [-0.2, 0) is 9.53 Å². The highest BCUT2D eigenvalue weighted by Crippen LogP contribution is 2.31. The topological polar surface area (TPSA) is 111 Å². The third-order valence-electron chi connectivity index (χ3n) is 4.85. The molecular formula is C15H24N6O2. The average molecular weight is 320 g/mol. The Bertz CT molecular complexity index is 559. The Kier molecular flexibility index (Phi) is 4.36. The minimum absolute atomic E-state index is 0.238. The van der Waals surface area contributed by atoms with Crippen molar-refractivity contribution in [3.05, 3.63) is 11.8 Å². The lowest BCUT2D eigenvalue weighted by atomic mass is 9.84. The van der Waals surface area contributed by atoms with Crippen molar-refractivity contribution in [1.29, 1.82) is 0 Å². The van der Waals surface area contributed by atoms with Crippen LogP contribution in [0.4, 0.5) is 11.8 Å². The van der Waals surface area contributed by atoms with Gasteiger partial charge in [-0.2, -0.15) is 4.98 Å². The van der Waals surface area contributed by atoms with Crippen molar-refractivity contribution in [3.8, 4) is 0 Å². The molecule has 2 fully saturated rings. The van der Waals surface area contributed by atoms with E-state index in [1.165, 1.54) is 0 Å². The first-order valence-corrected chi connectivity index (χ1v) is 8.00. The van der Waals surface area contributed by atoms with E-state index in [1.54, 1.807) is 0 Å². The molecule has 0 spiro atoms. The number of nitrogen functional groups attached to an aromatic ring is 1. The van der Waals surface area contributed by atoms with Gasteiger partial charge in [0.2, 0.25) is 11.9 Å². The summed E-state index contributed by atoms with van der Waals surface area (Å²) >= 11 is 0. The molecule has 2 aliphatic heterocycles. The zero-order chi connectivity index (χ0) is 16.4. The van der Waals surface area contributed by atoms with E-state index in [0.29, 0.717) is 26.1 Å². The second-order valence-corrected chi connectivity index (χ2v) is 6.21. The summed E-state index contributed by atoms with van der Waals surface area (Å²) in [6, 6.07) is 1.92. The zero-order valence-corrected chi connectivity index (χ0v) is 13.5. The Hall–Kier alpha value is -1.93. The minimum Gasteiger partial charge on any atom is -0.379 e. The van der Waals surface area contributed by atoms with Gasteiger partial charge in [0.1, 0.15) is 11.4 Å². The molecule has 1 amide bonds. The van der Waals surface area contributed by atoms with Gasteiger partial charge in [0, 0.05) is 37.9 Å². The van der Waals surface area contributed by atoms with E-state index in [1.807, 2.05) is 13.0 Å². The Morgan fingerprint density at radius 3 is 2.43 bits per heavy atom. The Morgan fingerprint density at radius 2 is 1.87 bits per heavy atom. The normalized spacial score (nSPS) is 22.0. The van der Waals surface area contributed by atoms with Gasteiger partial charge in [-0.25, -0.2) is 4.98 Å². The lowest BCUT2D eigenvalue weighted by Crippen LogP contribution is -2.64. The summed E-state index contributed by atoms with van der Waals surface area (Å²) in [5.74, 6) is 0.854. The molecule has 3 rings (SSSR count). The molecule has 0 unspecified atom stereocenters. The quantitative estimate of drug-likeness (QED) is 0.774. The van der Waals surface area contributed by atoms with Crippen molar-refractivity contribution >= 4 is 17.7 Å². The number of carbonyl (C=O) groups excluding carboxylic acids is 1.